The van der Waals surface area contributed by atoms with Crippen LogP contribution in [-0.2, 0) is 4.79 Å². The van der Waals surface area contributed by atoms with Crippen LogP contribution in [0.5, 0.6) is 0 Å². The van der Waals surface area contributed by atoms with E-state index in [-0.39, 0.29) is 17.4 Å². The molecule has 1 aliphatic carbocycles. The molecule has 0 saturated carbocycles. The van der Waals surface area contributed by atoms with E-state index in [0.717, 1.165) is 53.0 Å². The highest BCUT2D eigenvalue weighted by Crippen LogP contribution is 2.32. The largest absolute Gasteiger partial charge is 0.342 e. The average Bonchev–Trinajstić information content (AvgIpc) is 2.87. The van der Waals surface area contributed by atoms with E-state index in [0.29, 0.717) is 0 Å². The van der Waals surface area contributed by atoms with Crippen molar-refractivity contribution in [1.29, 1.82) is 0 Å². The number of carbonyl (C=O) groups excluding carboxylic acids is 1. The van der Waals surface area contributed by atoms with Gasteiger partial charge in [0.25, 0.3) is 0 Å². The van der Waals surface area contributed by atoms with Crippen LogP contribution in [0.3, 0.4) is 0 Å². The van der Waals surface area contributed by atoms with Crippen molar-refractivity contribution in [2.24, 2.45) is 10.4 Å². The summed E-state index contributed by atoms with van der Waals surface area (Å²) < 4.78 is 0. The van der Waals surface area contributed by atoms with Gasteiger partial charge in [-0.1, -0.05) is 87.5 Å². The first kappa shape index (κ1) is 24.6. The van der Waals surface area contributed by atoms with E-state index >= 15 is 0 Å². The summed E-state index contributed by atoms with van der Waals surface area (Å²) >= 11 is 0. The van der Waals surface area contributed by atoms with E-state index in [9.17, 15) is 4.79 Å². The zero-order valence-corrected chi connectivity index (χ0v) is 21.5. The second-order valence-electron chi connectivity index (χ2n) is 10.4. The number of hydrogen-bond donors (Lipinski definition) is 0. The fraction of sp³-hybridized carbons (Fsp3) is 0.323. The average molecular weight is 466 g/mol. The smallest absolute Gasteiger partial charge is 0.227 e. The minimum absolute atomic E-state index is 0.198. The van der Waals surface area contributed by atoms with Crippen LogP contribution in [-0.4, -0.2) is 34.6 Å². The monoisotopic (exact) mass is 465 g/mol. The second kappa shape index (κ2) is 10.4. The van der Waals surface area contributed by atoms with Crippen LogP contribution < -0.4 is 0 Å². The number of pyridine rings is 1. The van der Waals surface area contributed by atoms with Gasteiger partial charge in [-0.2, -0.15) is 0 Å². The summed E-state index contributed by atoms with van der Waals surface area (Å²) in [7, 11) is 1.93. The number of rotatable bonds is 5. The van der Waals surface area contributed by atoms with Crippen molar-refractivity contribution in [3.05, 3.63) is 101 Å². The third-order valence-electron chi connectivity index (χ3n) is 6.60. The standard InChI is InChI=1S/C31H35N3O/c1-22-20-26(33-29(23-12-8-6-9-13-23)24-14-10-7-11-15-24)21-32-28(22)25-16-18-27(19-17-25)34(5)30(35)31(2,3)4/h6-16,20-21,27H,17-19H2,1-5H3/t27-/m1/s1. The highest BCUT2D eigenvalue weighted by molar-refractivity contribution is 6.13. The van der Waals surface area contributed by atoms with Gasteiger partial charge in [-0.15, -0.1) is 0 Å². The van der Waals surface area contributed by atoms with Crippen LogP contribution in [0, 0.1) is 12.3 Å². The van der Waals surface area contributed by atoms with E-state index in [1.165, 1.54) is 5.57 Å². The van der Waals surface area contributed by atoms with Crippen molar-refractivity contribution in [3.8, 4) is 0 Å². The lowest BCUT2D eigenvalue weighted by atomic mass is 9.88. The Morgan fingerprint density at radius 3 is 2.09 bits per heavy atom. The normalized spacial score (nSPS) is 15.8. The Morgan fingerprint density at radius 1 is 1.00 bits per heavy atom. The molecule has 180 valence electrons. The van der Waals surface area contributed by atoms with Crippen molar-refractivity contribution in [2.75, 3.05) is 7.05 Å². The fourth-order valence-corrected chi connectivity index (χ4v) is 4.66. The second-order valence-corrected chi connectivity index (χ2v) is 10.4. The van der Waals surface area contributed by atoms with E-state index in [1.54, 1.807) is 0 Å². The molecular weight excluding hydrogens is 430 g/mol. The van der Waals surface area contributed by atoms with E-state index in [1.807, 2.05) is 75.3 Å². The number of amides is 1. The molecule has 1 heterocycles. The summed E-state index contributed by atoms with van der Waals surface area (Å²) in [4.78, 5) is 24.5. The summed E-state index contributed by atoms with van der Waals surface area (Å²) in [6.45, 7) is 8.05. The number of nitrogens with zero attached hydrogens (tertiary/aromatic N) is 3. The van der Waals surface area contributed by atoms with Crippen LogP contribution in [0.15, 0.2) is 84.0 Å². The van der Waals surface area contributed by atoms with Gasteiger partial charge >= 0.3 is 0 Å². The minimum atomic E-state index is -0.356. The van der Waals surface area contributed by atoms with Gasteiger partial charge in [-0.25, -0.2) is 4.99 Å². The van der Waals surface area contributed by atoms with Crippen LogP contribution >= 0.6 is 0 Å². The highest BCUT2D eigenvalue weighted by atomic mass is 16.2. The van der Waals surface area contributed by atoms with Crippen molar-refractivity contribution in [2.45, 2.75) is 53.0 Å². The zero-order chi connectivity index (χ0) is 25.0. The molecule has 0 aliphatic heterocycles. The van der Waals surface area contributed by atoms with Gasteiger partial charge in [0, 0.05) is 29.6 Å². The first-order valence-electron chi connectivity index (χ1n) is 12.4. The SMILES string of the molecule is Cc1cc(N=C(c2ccccc2)c2ccccc2)cnc1C1=CC[C@@H](N(C)C(=O)C(C)(C)C)CC1. The Morgan fingerprint density at radius 2 is 1.60 bits per heavy atom. The predicted octanol–water partition coefficient (Wildman–Crippen LogP) is 7.00. The molecule has 1 aliphatic rings. The Kier molecular flexibility index (Phi) is 7.30. The molecule has 0 radical (unpaired) electrons. The van der Waals surface area contributed by atoms with E-state index < -0.39 is 0 Å². The first-order valence-corrected chi connectivity index (χ1v) is 12.4. The third-order valence-corrected chi connectivity index (χ3v) is 6.60. The summed E-state index contributed by atoms with van der Waals surface area (Å²) in [5.74, 6) is 0.198. The van der Waals surface area contributed by atoms with E-state index in [4.69, 9.17) is 9.98 Å². The molecule has 1 atom stereocenters. The zero-order valence-electron chi connectivity index (χ0n) is 21.5. The third kappa shape index (κ3) is 5.76. The van der Waals surface area contributed by atoms with Gasteiger partial charge in [-0.05, 0) is 43.4 Å². The molecule has 0 fully saturated rings. The van der Waals surface area contributed by atoms with Gasteiger partial charge < -0.3 is 4.90 Å². The number of benzene rings is 2. The maximum Gasteiger partial charge on any atom is 0.227 e. The molecule has 35 heavy (non-hydrogen) atoms. The van der Waals surface area contributed by atoms with Crippen molar-refractivity contribution >= 4 is 22.9 Å². The number of aliphatic imine (C=N–C) groups is 1. The molecule has 3 aromatic rings. The van der Waals surface area contributed by atoms with Crippen molar-refractivity contribution in [3.63, 3.8) is 0 Å². The van der Waals surface area contributed by atoms with Gasteiger partial charge in [0.05, 0.1) is 23.3 Å². The number of allylic oxidation sites excluding steroid dienone is 1. The molecule has 0 bridgehead atoms. The highest BCUT2D eigenvalue weighted by Gasteiger charge is 2.30. The molecule has 1 amide bonds. The molecular formula is C31H35N3O. The molecule has 4 heteroatoms. The predicted molar refractivity (Wildman–Crippen MR) is 145 cm³/mol. The Bertz CT molecular complexity index is 1200. The molecule has 4 nitrogen and oxygen atoms in total. The maximum atomic E-state index is 12.7. The van der Waals surface area contributed by atoms with E-state index in [2.05, 4.69) is 43.3 Å². The minimum Gasteiger partial charge on any atom is -0.342 e. The lowest BCUT2D eigenvalue weighted by Gasteiger charge is -2.35. The molecule has 4 rings (SSSR count). The Labute approximate surface area is 209 Å². The molecule has 0 saturated heterocycles. The van der Waals surface area contributed by atoms with Gasteiger partial charge in [0.1, 0.15) is 0 Å². The summed E-state index contributed by atoms with van der Waals surface area (Å²) in [5, 5.41) is 0. The lowest BCUT2D eigenvalue weighted by Crippen LogP contribution is -2.43. The molecule has 1 aromatic heterocycles. The van der Waals surface area contributed by atoms with Crippen LogP contribution in [0.4, 0.5) is 5.69 Å². The van der Waals surface area contributed by atoms with Crippen molar-refractivity contribution in [1.82, 2.24) is 9.88 Å². The fourth-order valence-electron chi connectivity index (χ4n) is 4.66. The molecule has 0 unspecified atom stereocenters. The van der Waals surface area contributed by atoms with Gasteiger partial charge in [0.2, 0.25) is 5.91 Å². The summed E-state index contributed by atoms with van der Waals surface area (Å²) in [5.41, 5.74) is 7.00. The van der Waals surface area contributed by atoms with Crippen LogP contribution in [0.25, 0.3) is 5.57 Å². The van der Waals surface area contributed by atoms with Crippen molar-refractivity contribution < 1.29 is 4.79 Å². The lowest BCUT2D eigenvalue weighted by molar-refractivity contribution is -0.140. The Balaban J connectivity index is 1.58. The topological polar surface area (TPSA) is 45.6 Å². The van der Waals surface area contributed by atoms with Crippen LogP contribution in [0.1, 0.15) is 62.4 Å². The number of hydrogen-bond acceptors (Lipinski definition) is 3. The first-order chi connectivity index (χ1) is 16.7. The molecule has 0 N–H and O–H groups in total. The number of aromatic nitrogens is 1. The summed E-state index contributed by atoms with van der Waals surface area (Å²) in [6, 6.07) is 22.9. The summed E-state index contributed by atoms with van der Waals surface area (Å²) in [6.07, 6.45) is 6.87. The van der Waals surface area contributed by atoms with Gasteiger partial charge in [0.15, 0.2) is 0 Å². The van der Waals surface area contributed by atoms with Gasteiger partial charge in [-0.3, -0.25) is 9.78 Å². The number of carbonyl (C=O) groups is 1. The maximum absolute atomic E-state index is 12.7. The van der Waals surface area contributed by atoms with Crippen LogP contribution in [0.2, 0.25) is 0 Å². The number of aryl methyl sites for hydroxylation is 1. The molecule has 0 spiro atoms. The Hall–Kier alpha value is -3.53. The quantitative estimate of drug-likeness (QED) is 0.381. The molecule has 2 aromatic carbocycles.